The summed E-state index contributed by atoms with van der Waals surface area (Å²) in [5.74, 6) is 1.71. The number of aryl methyl sites for hydroxylation is 1. The molecule has 1 aromatic heterocycles. The third-order valence-corrected chi connectivity index (χ3v) is 8.01. The quantitative estimate of drug-likeness (QED) is 0.227. The monoisotopic (exact) mass is 577 g/mol. The lowest BCUT2D eigenvalue weighted by molar-refractivity contribution is 0.141. The topological polar surface area (TPSA) is 61.8 Å². The number of aliphatic imine (C=N–C) groups is 1. The lowest BCUT2D eigenvalue weighted by Gasteiger charge is -2.32. The molecule has 1 aromatic rings. The number of hydrogen-bond acceptors (Lipinski definition) is 5. The molecule has 0 unspecified atom stereocenters. The van der Waals surface area contributed by atoms with E-state index in [0.29, 0.717) is 5.41 Å². The molecule has 0 atom stereocenters. The number of halogens is 1. The minimum absolute atomic E-state index is 0. The van der Waals surface area contributed by atoms with Gasteiger partial charge in [-0.3, -0.25) is 9.89 Å². The first-order valence-corrected chi connectivity index (χ1v) is 13.2. The van der Waals surface area contributed by atoms with E-state index in [-0.39, 0.29) is 24.0 Å². The summed E-state index contributed by atoms with van der Waals surface area (Å²) in [4.78, 5) is 12.3. The number of thiazole rings is 1. The molecule has 1 saturated heterocycles. The number of likely N-dealkylation sites (tertiary alicyclic amines) is 1. The third-order valence-electron chi connectivity index (χ3n) is 6.97. The van der Waals surface area contributed by atoms with Crippen molar-refractivity contribution < 1.29 is 4.74 Å². The predicted octanol–water partition coefficient (Wildman–Crippen LogP) is 4.69. The molecule has 3 rings (SSSR count). The Balaban J connectivity index is 0.00000363. The van der Waals surface area contributed by atoms with Crippen molar-refractivity contribution in [3.8, 4) is 0 Å². The Labute approximate surface area is 216 Å². The summed E-state index contributed by atoms with van der Waals surface area (Å²) in [5.41, 5.74) is 1.59. The van der Waals surface area contributed by atoms with E-state index in [4.69, 9.17) is 14.7 Å². The molecule has 2 fully saturated rings. The molecule has 184 valence electrons. The molecule has 0 bridgehead atoms. The van der Waals surface area contributed by atoms with Crippen LogP contribution in [0.3, 0.4) is 0 Å². The van der Waals surface area contributed by atoms with Gasteiger partial charge in [-0.15, -0.1) is 35.3 Å². The maximum Gasteiger partial charge on any atom is 0.191 e. The second-order valence-electron chi connectivity index (χ2n) is 9.33. The van der Waals surface area contributed by atoms with E-state index in [2.05, 4.69) is 34.8 Å². The molecular weight excluding hydrogens is 533 g/mol. The summed E-state index contributed by atoms with van der Waals surface area (Å²) < 4.78 is 5.38. The molecule has 8 heteroatoms. The van der Waals surface area contributed by atoms with Crippen molar-refractivity contribution in [2.24, 2.45) is 16.3 Å². The Hall–Kier alpha value is -0.450. The van der Waals surface area contributed by atoms with Crippen LogP contribution >= 0.6 is 35.3 Å². The summed E-state index contributed by atoms with van der Waals surface area (Å²) in [7, 11) is 1.81. The summed E-state index contributed by atoms with van der Waals surface area (Å²) in [6.07, 6.45) is 9.91. The first-order chi connectivity index (χ1) is 15.2. The van der Waals surface area contributed by atoms with Crippen LogP contribution in [0.2, 0.25) is 0 Å². The maximum absolute atomic E-state index is 5.38. The van der Waals surface area contributed by atoms with Crippen LogP contribution in [0, 0.1) is 11.3 Å². The number of rotatable bonds is 11. The van der Waals surface area contributed by atoms with Gasteiger partial charge in [0.1, 0.15) is 0 Å². The largest absolute Gasteiger partial charge is 0.385 e. The molecular formula is C24H44IN5OS. The van der Waals surface area contributed by atoms with Crippen molar-refractivity contribution in [3.05, 3.63) is 16.1 Å². The third kappa shape index (κ3) is 8.72. The zero-order valence-corrected chi connectivity index (χ0v) is 23.5. The normalized spacial score (nSPS) is 19.7. The number of ether oxygens (including phenoxy) is 1. The fraction of sp³-hybridized carbons (Fsp3) is 0.833. The Morgan fingerprint density at radius 1 is 1.25 bits per heavy atom. The van der Waals surface area contributed by atoms with E-state index < -0.39 is 0 Å². The maximum atomic E-state index is 5.38. The summed E-state index contributed by atoms with van der Waals surface area (Å²) >= 11 is 1.80. The molecule has 0 amide bonds. The fourth-order valence-corrected chi connectivity index (χ4v) is 5.66. The molecule has 0 radical (unpaired) electrons. The van der Waals surface area contributed by atoms with Crippen LogP contribution in [0.5, 0.6) is 0 Å². The van der Waals surface area contributed by atoms with E-state index in [1.165, 1.54) is 62.3 Å². The molecule has 6 nitrogen and oxygen atoms in total. The summed E-state index contributed by atoms with van der Waals surface area (Å²) in [6.45, 7) is 11.3. The lowest BCUT2D eigenvalue weighted by Crippen LogP contribution is -2.43. The van der Waals surface area contributed by atoms with Crippen LogP contribution in [0.1, 0.15) is 69.5 Å². The van der Waals surface area contributed by atoms with Gasteiger partial charge in [0.05, 0.1) is 10.7 Å². The fourth-order valence-electron chi connectivity index (χ4n) is 4.92. The molecule has 1 aliphatic carbocycles. The molecule has 0 spiro atoms. The molecule has 2 heterocycles. The van der Waals surface area contributed by atoms with Gasteiger partial charge in [0.15, 0.2) is 5.96 Å². The molecule has 0 aromatic carbocycles. The van der Waals surface area contributed by atoms with Crippen LogP contribution in [0.15, 0.2) is 10.4 Å². The van der Waals surface area contributed by atoms with Gasteiger partial charge >= 0.3 is 0 Å². The number of methoxy groups -OCH3 is 1. The van der Waals surface area contributed by atoms with Gasteiger partial charge in [-0.2, -0.15) is 0 Å². The van der Waals surface area contributed by atoms with Gasteiger partial charge in [-0.1, -0.05) is 19.8 Å². The SMILES string of the molecule is CCNC(=NCC1(CCOC)CCCC1)NCC1CCN(Cc2csc(CC)n2)CC1.I. The zero-order valence-electron chi connectivity index (χ0n) is 20.3. The number of aromatic nitrogens is 1. The Bertz CT molecular complexity index is 669. The van der Waals surface area contributed by atoms with Crippen LogP contribution in [-0.2, 0) is 17.7 Å². The van der Waals surface area contributed by atoms with Crippen molar-refractivity contribution in [2.75, 3.05) is 46.4 Å². The molecule has 1 aliphatic heterocycles. The minimum Gasteiger partial charge on any atom is -0.385 e. The predicted molar refractivity (Wildman–Crippen MR) is 146 cm³/mol. The Morgan fingerprint density at radius 3 is 2.62 bits per heavy atom. The highest BCUT2D eigenvalue weighted by Gasteiger charge is 2.33. The first-order valence-electron chi connectivity index (χ1n) is 12.3. The average Bonchev–Trinajstić information content (AvgIpc) is 3.45. The van der Waals surface area contributed by atoms with E-state index >= 15 is 0 Å². The second kappa shape index (κ2) is 14.7. The van der Waals surface area contributed by atoms with Crippen molar-refractivity contribution in [1.82, 2.24) is 20.5 Å². The van der Waals surface area contributed by atoms with Gasteiger partial charge in [-0.25, -0.2) is 4.98 Å². The van der Waals surface area contributed by atoms with Crippen LogP contribution < -0.4 is 10.6 Å². The first kappa shape index (κ1) is 27.8. The van der Waals surface area contributed by atoms with Gasteiger partial charge in [0.25, 0.3) is 0 Å². The van der Waals surface area contributed by atoms with Crippen molar-refractivity contribution in [2.45, 2.75) is 71.8 Å². The number of piperidine rings is 1. The number of hydrogen-bond donors (Lipinski definition) is 2. The summed E-state index contributed by atoms with van der Waals surface area (Å²) in [6, 6.07) is 0. The average molecular weight is 578 g/mol. The second-order valence-corrected chi connectivity index (χ2v) is 10.3. The van der Waals surface area contributed by atoms with Crippen LogP contribution in [0.4, 0.5) is 0 Å². The Morgan fingerprint density at radius 2 is 2.00 bits per heavy atom. The highest BCUT2D eigenvalue weighted by molar-refractivity contribution is 14.0. The molecule has 32 heavy (non-hydrogen) atoms. The molecule has 2 aliphatic rings. The van der Waals surface area contributed by atoms with Gasteiger partial charge in [-0.05, 0) is 69.9 Å². The van der Waals surface area contributed by atoms with E-state index in [9.17, 15) is 0 Å². The zero-order chi connectivity index (χ0) is 21.9. The van der Waals surface area contributed by atoms with Gasteiger partial charge in [0, 0.05) is 45.3 Å². The Kier molecular flexibility index (Phi) is 12.8. The van der Waals surface area contributed by atoms with Crippen molar-refractivity contribution in [3.63, 3.8) is 0 Å². The van der Waals surface area contributed by atoms with Crippen molar-refractivity contribution >= 4 is 41.3 Å². The van der Waals surface area contributed by atoms with Crippen LogP contribution in [-0.4, -0.2) is 62.3 Å². The molecule has 2 N–H and O–H groups in total. The van der Waals surface area contributed by atoms with E-state index in [0.717, 1.165) is 57.5 Å². The standard InChI is InChI=1S/C24H43N5OS.HI/c1-4-22-28-21(18-31-22)17-29-13-8-20(9-14-29)16-26-23(25-5-2)27-19-24(12-15-30-3)10-6-7-11-24;/h18,20H,4-17,19H2,1-3H3,(H2,25,26,27);1H. The number of nitrogens with one attached hydrogen (secondary N) is 2. The highest BCUT2D eigenvalue weighted by atomic mass is 127. The summed E-state index contributed by atoms with van der Waals surface area (Å²) in [5, 5.41) is 10.6. The number of nitrogens with zero attached hydrogens (tertiary/aromatic N) is 3. The number of guanidine groups is 1. The van der Waals surface area contributed by atoms with E-state index in [1.807, 2.05) is 7.11 Å². The van der Waals surface area contributed by atoms with Crippen molar-refractivity contribution in [1.29, 1.82) is 0 Å². The minimum atomic E-state index is 0. The van der Waals surface area contributed by atoms with Crippen LogP contribution in [0.25, 0.3) is 0 Å². The molecule has 1 saturated carbocycles. The van der Waals surface area contributed by atoms with E-state index in [1.54, 1.807) is 11.3 Å². The highest BCUT2D eigenvalue weighted by Crippen LogP contribution is 2.41. The lowest BCUT2D eigenvalue weighted by atomic mass is 9.83. The van der Waals surface area contributed by atoms with Gasteiger partial charge < -0.3 is 15.4 Å². The van der Waals surface area contributed by atoms with Gasteiger partial charge in [0.2, 0.25) is 0 Å². The smallest absolute Gasteiger partial charge is 0.191 e.